The highest BCUT2D eigenvalue weighted by Crippen LogP contribution is 2.39. The normalized spacial score (nSPS) is 19.6. The average molecular weight is 249 g/mol. The van der Waals surface area contributed by atoms with Crippen LogP contribution in [0.1, 0.15) is 30.9 Å². The van der Waals surface area contributed by atoms with Gasteiger partial charge in [-0.2, -0.15) is 0 Å². The second-order valence-corrected chi connectivity index (χ2v) is 4.88. The SMILES string of the molecule is OCC[C@@H](NC1CC1)c1cccc2c1OCCO2. The molecule has 1 aromatic rings. The molecule has 3 rings (SSSR count). The van der Waals surface area contributed by atoms with Crippen molar-refractivity contribution >= 4 is 0 Å². The van der Waals surface area contributed by atoms with E-state index in [-0.39, 0.29) is 12.6 Å². The Labute approximate surface area is 107 Å². The molecule has 1 aromatic carbocycles. The number of aliphatic hydroxyl groups excluding tert-OH is 1. The summed E-state index contributed by atoms with van der Waals surface area (Å²) in [6.45, 7) is 1.38. The molecule has 0 spiro atoms. The quantitative estimate of drug-likeness (QED) is 0.833. The van der Waals surface area contributed by atoms with Crippen molar-refractivity contribution in [3.8, 4) is 11.5 Å². The van der Waals surface area contributed by atoms with Crippen LogP contribution in [0.15, 0.2) is 18.2 Å². The van der Waals surface area contributed by atoms with Gasteiger partial charge in [-0.3, -0.25) is 0 Å². The molecule has 1 saturated carbocycles. The maximum atomic E-state index is 9.22. The smallest absolute Gasteiger partial charge is 0.166 e. The summed E-state index contributed by atoms with van der Waals surface area (Å²) in [5.41, 5.74) is 1.10. The van der Waals surface area contributed by atoms with E-state index in [4.69, 9.17) is 9.47 Å². The molecule has 1 aliphatic heterocycles. The third-order valence-corrected chi connectivity index (χ3v) is 3.40. The third-order valence-electron chi connectivity index (χ3n) is 3.40. The van der Waals surface area contributed by atoms with Crippen LogP contribution in [0.25, 0.3) is 0 Å². The lowest BCUT2D eigenvalue weighted by molar-refractivity contribution is 0.167. The molecule has 2 N–H and O–H groups in total. The summed E-state index contributed by atoms with van der Waals surface area (Å²) < 4.78 is 11.3. The van der Waals surface area contributed by atoms with Gasteiger partial charge < -0.3 is 19.9 Å². The van der Waals surface area contributed by atoms with Crippen molar-refractivity contribution in [2.45, 2.75) is 31.3 Å². The first-order chi connectivity index (χ1) is 8.88. The Morgan fingerprint density at radius 2 is 2.11 bits per heavy atom. The van der Waals surface area contributed by atoms with E-state index in [2.05, 4.69) is 11.4 Å². The van der Waals surface area contributed by atoms with E-state index in [1.807, 2.05) is 12.1 Å². The predicted molar refractivity (Wildman–Crippen MR) is 68.0 cm³/mol. The summed E-state index contributed by atoms with van der Waals surface area (Å²) in [5.74, 6) is 1.66. The Morgan fingerprint density at radius 1 is 1.28 bits per heavy atom. The van der Waals surface area contributed by atoms with Gasteiger partial charge in [0.1, 0.15) is 13.2 Å². The third kappa shape index (κ3) is 2.44. The molecule has 0 unspecified atom stereocenters. The Balaban J connectivity index is 1.87. The van der Waals surface area contributed by atoms with Crippen LogP contribution in [0.5, 0.6) is 11.5 Å². The number of aliphatic hydroxyl groups is 1. The molecule has 4 nitrogen and oxygen atoms in total. The van der Waals surface area contributed by atoms with Gasteiger partial charge in [-0.15, -0.1) is 0 Å². The van der Waals surface area contributed by atoms with Crippen molar-refractivity contribution in [3.05, 3.63) is 23.8 Å². The van der Waals surface area contributed by atoms with Gasteiger partial charge in [0.15, 0.2) is 11.5 Å². The Hall–Kier alpha value is -1.26. The lowest BCUT2D eigenvalue weighted by atomic mass is 10.0. The van der Waals surface area contributed by atoms with Crippen LogP contribution in [0.3, 0.4) is 0 Å². The number of rotatable bonds is 5. The highest BCUT2D eigenvalue weighted by molar-refractivity contribution is 5.49. The van der Waals surface area contributed by atoms with Crippen molar-refractivity contribution in [1.29, 1.82) is 0 Å². The minimum Gasteiger partial charge on any atom is -0.486 e. The number of nitrogens with one attached hydrogen (secondary N) is 1. The van der Waals surface area contributed by atoms with Crippen LogP contribution in [0.2, 0.25) is 0 Å². The second-order valence-electron chi connectivity index (χ2n) is 4.88. The fourth-order valence-electron chi connectivity index (χ4n) is 2.36. The van der Waals surface area contributed by atoms with Crippen molar-refractivity contribution in [3.63, 3.8) is 0 Å². The molecular weight excluding hydrogens is 230 g/mol. The van der Waals surface area contributed by atoms with Crippen molar-refractivity contribution in [2.24, 2.45) is 0 Å². The number of hydrogen-bond donors (Lipinski definition) is 2. The molecule has 0 bridgehead atoms. The minimum absolute atomic E-state index is 0.152. The number of fused-ring (bicyclic) bond motifs is 1. The fraction of sp³-hybridized carbons (Fsp3) is 0.571. The molecule has 0 amide bonds. The number of ether oxygens (including phenoxy) is 2. The van der Waals surface area contributed by atoms with Crippen LogP contribution in [-0.2, 0) is 0 Å². The summed E-state index contributed by atoms with van der Waals surface area (Å²) in [5, 5.41) is 12.8. The lowest BCUT2D eigenvalue weighted by Crippen LogP contribution is -2.26. The first-order valence-corrected chi connectivity index (χ1v) is 6.64. The molecule has 1 aliphatic carbocycles. The fourth-order valence-corrected chi connectivity index (χ4v) is 2.36. The number of para-hydroxylation sites is 1. The molecule has 0 saturated heterocycles. The first-order valence-electron chi connectivity index (χ1n) is 6.64. The van der Waals surface area contributed by atoms with E-state index in [1.54, 1.807) is 0 Å². The van der Waals surface area contributed by atoms with Crippen LogP contribution in [0.4, 0.5) is 0 Å². The summed E-state index contributed by atoms with van der Waals surface area (Å²) in [7, 11) is 0. The summed E-state index contributed by atoms with van der Waals surface area (Å²) in [6.07, 6.45) is 3.17. The maximum Gasteiger partial charge on any atom is 0.166 e. The van der Waals surface area contributed by atoms with Crippen LogP contribution in [-0.4, -0.2) is 31.0 Å². The zero-order chi connectivity index (χ0) is 12.4. The van der Waals surface area contributed by atoms with E-state index >= 15 is 0 Å². The highest BCUT2D eigenvalue weighted by Gasteiger charge is 2.28. The summed E-state index contributed by atoms with van der Waals surface area (Å²) >= 11 is 0. The van der Waals surface area contributed by atoms with Crippen LogP contribution >= 0.6 is 0 Å². The molecule has 1 heterocycles. The zero-order valence-corrected chi connectivity index (χ0v) is 10.4. The molecule has 2 aliphatic rings. The maximum absolute atomic E-state index is 9.22. The molecule has 18 heavy (non-hydrogen) atoms. The van der Waals surface area contributed by atoms with Gasteiger partial charge >= 0.3 is 0 Å². The van der Waals surface area contributed by atoms with Crippen molar-refractivity contribution < 1.29 is 14.6 Å². The molecule has 0 aromatic heterocycles. The van der Waals surface area contributed by atoms with Crippen molar-refractivity contribution in [2.75, 3.05) is 19.8 Å². The van der Waals surface area contributed by atoms with E-state index in [0.29, 0.717) is 25.7 Å². The van der Waals surface area contributed by atoms with Gasteiger partial charge in [-0.05, 0) is 25.3 Å². The Kier molecular flexibility index (Phi) is 3.39. The minimum atomic E-state index is 0.152. The first kappa shape index (κ1) is 11.8. The summed E-state index contributed by atoms with van der Waals surface area (Å²) in [4.78, 5) is 0. The standard InChI is InChI=1S/C14H19NO3/c16-7-6-12(15-10-4-5-10)11-2-1-3-13-14(11)18-9-8-17-13/h1-3,10,12,15-16H,4-9H2/t12-/m1/s1. The number of hydrogen-bond acceptors (Lipinski definition) is 4. The van der Waals surface area contributed by atoms with E-state index in [0.717, 1.165) is 17.1 Å². The molecule has 1 fully saturated rings. The number of benzene rings is 1. The van der Waals surface area contributed by atoms with Gasteiger partial charge in [0.05, 0.1) is 0 Å². The Bertz CT molecular complexity index is 418. The molecular formula is C14H19NO3. The van der Waals surface area contributed by atoms with E-state index < -0.39 is 0 Å². The molecule has 1 atom stereocenters. The highest BCUT2D eigenvalue weighted by atomic mass is 16.6. The van der Waals surface area contributed by atoms with Crippen molar-refractivity contribution in [1.82, 2.24) is 5.32 Å². The Morgan fingerprint density at radius 3 is 2.89 bits per heavy atom. The molecule has 0 radical (unpaired) electrons. The predicted octanol–water partition coefficient (Wildman–Crippen LogP) is 1.63. The molecule has 4 heteroatoms. The average Bonchev–Trinajstić information content (AvgIpc) is 3.22. The largest absolute Gasteiger partial charge is 0.486 e. The van der Waals surface area contributed by atoms with E-state index in [9.17, 15) is 5.11 Å². The van der Waals surface area contributed by atoms with Gasteiger partial charge in [-0.25, -0.2) is 0 Å². The van der Waals surface area contributed by atoms with Crippen LogP contribution < -0.4 is 14.8 Å². The van der Waals surface area contributed by atoms with Crippen LogP contribution in [0, 0.1) is 0 Å². The summed E-state index contributed by atoms with van der Waals surface area (Å²) in [6, 6.07) is 6.73. The molecule has 98 valence electrons. The van der Waals surface area contributed by atoms with Gasteiger partial charge in [0, 0.05) is 24.3 Å². The van der Waals surface area contributed by atoms with E-state index in [1.165, 1.54) is 12.8 Å². The van der Waals surface area contributed by atoms with Gasteiger partial charge in [-0.1, -0.05) is 12.1 Å². The van der Waals surface area contributed by atoms with Gasteiger partial charge in [0.2, 0.25) is 0 Å². The topological polar surface area (TPSA) is 50.7 Å². The monoisotopic (exact) mass is 249 g/mol. The lowest BCUT2D eigenvalue weighted by Gasteiger charge is -2.25. The van der Waals surface area contributed by atoms with Gasteiger partial charge in [0.25, 0.3) is 0 Å². The zero-order valence-electron chi connectivity index (χ0n) is 10.4. The second kappa shape index (κ2) is 5.16.